The zero-order valence-corrected chi connectivity index (χ0v) is 28.5. The van der Waals surface area contributed by atoms with Crippen molar-refractivity contribution in [2.75, 3.05) is 33.0 Å². The predicted molar refractivity (Wildman–Crippen MR) is 161 cm³/mol. The summed E-state index contributed by atoms with van der Waals surface area (Å²) in [5, 5.41) is 0. The minimum atomic E-state index is -2.21. The summed E-state index contributed by atoms with van der Waals surface area (Å²) in [6, 6.07) is 2.11. The van der Waals surface area contributed by atoms with Crippen LogP contribution in [-0.2, 0) is 41.6 Å². The Morgan fingerprint density at radius 2 is 1.23 bits per heavy atom. The standard InChI is InChI=1S/C27H52O9Si3/c1-11-14-19-37(5,6)35-39(9,10)36-38(7,8)20-15-16-31-17-18-32-26(30)21-27(4,22-33-24(28)12-2)23-34-25(29)13-3/h12-13H,2-3,11,14-23H2,1,4-10H3. The van der Waals surface area contributed by atoms with Gasteiger partial charge >= 0.3 is 26.5 Å². The molecule has 0 aliphatic carbocycles. The Balaban J connectivity index is 4.46. The second-order valence-corrected chi connectivity index (χ2v) is 24.2. The summed E-state index contributed by atoms with van der Waals surface area (Å²) < 4.78 is 34.3. The van der Waals surface area contributed by atoms with Gasteiger partial charge in [0.2, 0.25) is 0 Å². The van der Waals surface area contributed by atoms with Crippen LogP contribution in [0.1, 0.15) is 39.5 Å². The van der Waals surface area contributed by atoms with Gasteiger partial charge in [-0.15, -0.1) is 0 Å². The average molecular weight is 605 g/mol. The maximum atomic E-state index is 12.4. The SMILES string of the molecule is C=CC(=O)OCC(C)(COC(=O)C=C)CC(=O)OCCOCCC[Si](C)(C)O[Si](C)(C)O[Si](C)(C)CCCC. The molecule has 0 fully saturated rings. The van der Waals surface area contributed by atoms with Gasteiger partial charge in [0.1, 0.15) is 19.8 Å². The summed E-state index contributed by atoms with van der Waals surface area (Å²) in [5.41, 5.74) is -0.958. The van der Waals surface area contributed by atoms with E-state index in [1.54, 1.807) is 6.92 Å². The van der Waals surface area contributed by atoms with Gasteiger partial charge in [0, 0.05) is 24.2 Å². The van der Waals surface area contributed by atoms with Gasteiger partial charge in [0.25, 0.3) is 0 Å². The summed E-state index contributed by atoms with van der Waals surface area (Å²) in [6.45, 7) is 24.5. The van der Waals surface area contributed by atoms with E-state index >= 15 is 0 Å². The maximum Gasteiger partial charge on any atom is 0.330 e. The van der Waals surface area contributed by atoms with E-state index in [4.69, 9.17) is 27.2 Å². The lowest BCUT2D eigenvalue weighted by atomic mass is 9.89. The number of esters is 3. The molecule has 9 nitrogen and oxygen atoms in total. The first-order valence-electron chi connectivity index (χ1n) is 13.7. The lowest BCUT2D eigenvalue weighted by Crippen LogP contribution is -2.52. The van der Waals surface area contributed by atoms with Crippen LogP contribution >= 0.6 is 0 Å². The van der Waals surface area contributed by atoms with E-state index in [0.717, 1.165) is 30.7 Å². The van der Waals surface area contributed by atoms with Crippen LogP contribution in [0.5, 0.6) is 0 Å². The smallest absolute Gasteiger partial charge is 0.330 e. The first-order valence-corrected chi connectivity index (χ1v) is 22.8. The van der Waals surface area contributed by atoms with E-state index in [1.807, 2.05) is 0 Å². The highest BCUT2D eigenvalue weighted by molar-refractivity contribution is 6.87. The van der Waals surface area contributed by atoms with Gasteiger partial charge in [-0.2, -0.15) is 0 Å². The van der Waals surface area contributed by atoms with Crippen molar-refractivity contribution >= 4 is 43.1 Å². The molecular weight excluding hydrogens is 553 g/mol. The van der Waals surface area contributed by atoms with Crippen LogP contribution in [0.15, 0.2) is 25.3 Å². The molecule has 0 bridgehead atoms. The van der Waals surface area contributed by atoms with Gasteiger partial charge < -0.3 is 27.2 Å². The summed E-state index contributed by atoms with van der Waals surface area (Å²) in [4.78, 5) is 35.3. The molecule has 0 spiro atoms. The van der Waals surface area contributed by atoms with Gasteiger partial charge in [-0.1, -0.05) is 39.8 Å². The van der Waals surface area contributed by atoms with Crippen molar-refractivity contribution in [2.45, 2.75) is 90.9 Å². The van der Waals surface area contributed by atoms with Crippen molar-refractivity contribution in [3.8, 4) is 0 Å². The lowest BCUT2D eigenvalue weighted by molar-refractivity contribution is -0.157. The van der Waals surface area contributed by atoms with E-state index < -0.39 is 48.5 Å². The second-order valence-electron chi connectivity index (χ2n) is 11.8. The Bertz CT molecular complexity index is 773. The molecule has 0 aromatic carbocycles. The van der Waals surface area contributed by atoms with Crippen LogP contribution in [0.25, 0.3) is 0 Å². The Morgan fingerprint density at radius 3 is 1.69 bits per heavy atom. The van der Waals surface area contributed by atoms with Crippen molar-refractivity contribution in [3.63, 3.8) is 0 Å². The molecule has 0 atom stereocenters. The van der Waals surface area contributed by atoms with E-state index in [1.165, 1.54) is 12.8 Å². The first-order chi connectivity index (χ1) is 18.0. The third-order valence-electron chi connectivity index (χ3n) is 5.77. The Labute approximate surface area is 239 Å². The third kappa shape index (κ3) is 19.2. The van der Waals surface area contributed by atoms with Gasteiger partial charge in [0.05, 0.1) is 13.0 Å². The van der Waals surface area contributed by atoms with Crippen LogP contribution < -0.4 is 0 Å². The highest BCUT2D eigenvalue weighted by Crippen LogP contribution is 2.26. The number of rotatable bonds is 22. The van der Waals surface area contributed by atoms with Crippen LogP contribution in [0, 0.1) is 5.41 Å². The summed E-state index contributed by atoms with van der Waals surface area (Å²) >= 11 is 0. The summed E-state index contributed by atoms with van der Waals surface area (Å²) in [6.07, 6.45) is 5.17. The molecule has 0 saturated heterocycles. The molecule has 0 N–H and O–H groups in total. The summed E-state index contributed by atoms with van der Waals surface area (Å²) in [5.74, 6) is -1.78. The highest BCUT2D eigenvalue weighted by Gasteiger charge is 2.39. The molecule has 0 aromatic heterocycles. The number of unbranched alkanes of at least 4 members (excludes halogenated alkanes) is 1. The van der Waals surface area contributed by atoms with E-state index in [-0.39, 0.29) is 32.8 Å². The zero-order valence-electron chi connectivity index (χ0n) is 25.5. The van der Waals surface area contributed by atoms with E-state index in [2.05, 4.69) is 59.4 Å². The number of hydrogen-bond donors (Lipinski definition) is 0. The molecular formula is C27H52O9Si3. The molecule has 0 rings (SSSR count). The van der Waals surface area contributed by atoms with Crippen molar-refractivity contribution in [1.82, 2.24) is 0 Å². The quantitative estimate of drug-likeness (QED) is 0.0503. The lowest BCUT2D eigenvalue weighted by Gasteiger charge is -2.38. The van der Waals surface area contributed by atoms with Crippen LogP contribution in [0.3, 0.4) is 0 Å². The molecule has 0 unspecified atom stereocenters. The van der Waals surface area contributed by atoms with Crippen molar-refractivity contribution in [3.05, 3.63) is 25.3 Å². The van der Waals surface area contributed by atoms with Crippen molar-refractivity contribution in [1.29, 1.82) is 0 Å². The largest absolute Gasteiger partial charge is 0.463 e. The topological polar surface area (TPSA) is 107 Å². The third-order valence-corrected chi connectivity index (χ3v) is 17.2. The fourth-order valence-corrected chi connectivity index (χ4v) is 18.3. The summed E-state index contributed by atoms with van der Waals surface area (Å²) in [7, 11) is -5.84. The maximum absolute atomic E-state index is 12.4. The van der Waals surface area contributed by atoms with Gasteiger partial charge in [-0.05, 0) is 57.8 Å². The highest BCUT2D eigenvalue weighted by atomic mass is 28.5. The second kappa shape index (κ2) is 18.0. The fourth-order valence-electron chi connectivity index (χ4n) is 4.12. The molecule has 0 saturated carbocycles. The Morgan fingerprint density at radius 1 is 0.744 bits per heavy atom. The number of carbonyl (C=O) groups is 3. The van der Waals surface area contributed by atoms with Crippen LogP contribution in [0.4, 0.5) is 0 Å². The van der Waals surface area contributed by atoms with Crippen LogP contribution in [-0.4, -0.2) is 76.1 Å². The molecule has 0 radical (unpaired) electrons. The Kier molecular flexibility index (Phi) is 17.2. The molecule has 0 aliphatic heterocycles. The van der Waals surface area contributed by atoms with E-state index in [0.29, 0.717) is 6.61 Å². The molecule has 0 heterocycles. The van der Waals surface area contributed by atoms with Crippen LogP contribution in [0.2, 0.25) is 51.4 Å². The first kappa shape index (κ1) is 37.4. The number of hydrogen-bond acceptors (Lipinski definition) is 9. The number of ether oxygens (including phenoxy) is 4. The minimum absolute atomic E-state index is 0.0936. The minimum Gasteiger partial charge on any atom is -0.463 e. The van der Waals surface area contributed by atoms with Gasteiger partial charge in [-0.25, -0.2) is 9.59 Å². The monoisotopic (exact) mass is 604 g/mol. The molecule has 0 amide bonds. The molecule has 0 aliphatic rings. The fraction of sp³-hybridized carbons (Fsp3) is 0.741. The van der Waals surface area contributed by atoms with Gasteiger partial charge in [0.15, 0.2) is 16.6 Å². The average Bonchev–Trinajstić information content (AvgIpc) is 2.82. The van der Waals surface area contributed by atoms with E-state index in [9.17, 15) is 14.4 Å². The molecule has 12 heteroatoms. The van der Waals surface area contributed by atoms with Gasteiger partial charge in [-0.3, -0.25) is 4.79 Å². The predicted octanol–water partition coefficient (Wildman–Crippen LogP) is 5.74. The Hall–Kier alpha value is -1.58. The molecule has 0 aromatic rings. The molecule has 226 valence electrons. The zero-order chi connectivity index (χ0) is 30.2. The normalized spacial score (nSPS) is 12.5. The van der Waals surface area contributed by atoms with Crippen molar-refractivity contribution < 1.29 is 41.6 Å². The number of carbonyl (C=O) groups excluding carboxylic acids is 3. The molecule has 39 heavy (non-hydrogen) atoms. The van der Waals surface area contributed by atoms with Crippen molar-refractivity contribution in [2.24, 2.45) is 5.41 Å².